The number of morpholine rings is 1. The lowest BCUT2D eigenvalue weighted by Gasteiger charge is -2.39. The molecule has 0 aromatic heterocycles. The van der Waals surface area contributed by atoms with Crippen LogP contribution in [0.1, 0.15) is 77.7 Å². The molecule has 0 radical (unpaired) electrons. The molecule has 2 aliphatic heterocycles. The second-order valence-corrected chi connectivity index (χ2v) is 10.5. The monoisotopic (exact) mass is 489 g/mol. The number of anilines is 2. The summed E-state index contributed by atoms with van der Waals surface area (Å²) in [5.41, 5.74) is 6.45. The maximum Gasteiger partial charge on any atom is 0.0642 e. The first kappa shape index (κ1) is 27.4. The quantitative estimate of drug-likeness (QED) is 0.362. The van der Waals surface area contributed by atoms with Crippen LogP contribution in [-0.4, -0.2) is 63.9 Å². The Labute approximate surface area is 215 Å². The molecule has 4 rings (SSSR count). The predicted molar refractivity (Wildman–Crippen MR) is 150 cm³/mol. The van der Waals surface area contributed by atoms with E-state index in [-0.39, 0.29) is 12.4 Å². The highest BCUT2D eigenvalue weighted by atomic mass is 35.5. The molecule has 5 heteroatoms. The molecule has 0 atom stereocenters. The molecule has 3 aliphatic rings. The van der Waals surface area contributed by atoms with Crippen molar-refractivity contribution in [3.8, 4) is 0 Å². The molecule has 2 fully saturated rings. The summed E-state index contributed by atoms with van der Waals surface area (Å²) in [6.07, 6.45) is 13.0. The van der Waals surface area contributed by atoms with Gasteiger partial charge in [0, 0.05) is 56.2 Å². The van der Waals surface area contributed by atoms with E-state index in [9.17, 15) is 0 Å². The molecule has 2 saturated heterocycles. The Morgan fingerprint density at radius 3 is 2.24 bits per heavy atom. The number of allylic oxidation sites excluding steroid dienone is 2. The molecule has 4 nitrogen and oxygen atoms in total. The van der Waals surface area contributed by atoms with E-state index in [1.165, 1.54) is 87.9 Å². The number of ether oxygens (including phenoxy) is 1. The lowest BCUT2D eigenvalue weighted by Crippen LogP contribution is -2.47. The first-order chi connectivity index (χ1) is 16.2. The van der Waals surface area contributed by atoms with E-state index in [4.69, 9.17) is 4.74 Å². The van der Waals surface area contributed by atoms with Crippen LogP contribution in [0, 0.1) is 5.41 Å². The van der Waals surface area contributed by atoms with E-state index < -0.39 is 0 Å². The highest BCUT2D eigenvalue weighted by Crippen LogP contribution is 2.45. The van der Waals surface area contributed by atoms with Crippen molar-refractivity contribution >= 4 is 29.4 Å². The van der Waals surface area contributed by atoms with Crippen LogP contribution in [0.15, 0.2) is 24.3 Å². The Balaban J connectivity index is 0.00000324. The van der Waals surface area contributed by atoms with Crippen LogP contribution in [0.3, 0.4) is 0 Å². The van der Waals surface area contributed by atoms with Crippen LogP contribution in [0.2, 0.25) is 0 Å². The van der Waals surface area contributed by atoms with Crippen molar-refractivity contribution in [1.29, 1.82) is 0 Å². The van der Waals surface area contributed by atoms with Gasteiger partial charge in [0.1, 0.15) is 0 Å². The van der Waals surface area contributed by atoms with Crippen LogP contribution in [0.25, 0.3) is 5.57 Å². The second kappa shape index (κ2) is 13.2. The number of nitrogens with zero attached hydrogens (tertiary/aromatic N) is 3. The number of benzene rings is 1. The fourth-order valence-electron chi connectivity index (χ4n) is 5.95. The Kier molecular flexibility index (Phi) is 10.6. The highest BCUT2D eigenvalue weighted by Gasteiger charge is 2.30. The zero-order chi connectivity index (χ0) is 23.1. The van der Waals surface area contributed by atoms with Gasteiger partial charge in [-0.2, -0.15) is 0 Å². The number of hydrogen-bond donors (Lipinski definition) is 0. The molecule has 192 valence electrons. The maximum atomic E-state index is 5.61. The molecule has 34 heavy (non-hydrogen) atoms. The van der Waals surface area contributed by atoms with E-state index in [0.717, 1.165) is 39.4 Å². The van der Waals surface area contributed by atoms with E-state index in [1.807, 2.05) is 0 Å². The van der Waals surface area contributed by atoms with Gasteiger partial charge in [-0.15, -0.1) is 12.4 Å². The van der Waals surface area contributed by atoms with Gasteiger partial charge in [0.2, 0.25) is 0 Å². The van der Waals surface area contributed by atoms with Crippen molar-refractivity contribution in [2.24, 2.45) is 5.41 Å². The number of unbranched alkanes of at least 4 members (excludes halogenated alkanes) is 2. The number of hydrogen-bond acceptors (Lipinski definition) is 4. The zero-order valence-corrected chi connectivity index (χ0v) is 22.8. The molecule has 1 aromatic rings. The van der Waals surface area contributed by atoms with Crippen molar-refractivity contribution in [1.82, 2.24) is 4.90 Å². The predicted octanol–water partition coefficient (Wildman–Crippen LogP) is 6.63. The summed E-state index contributed by atoms with van der Waals surface area (Å²) in [5, 5.41) is 0. The minimum Gasteiger partial charge on any atom is -0.378 e. The van der Waals surface area contributed by atoms with Crippen LogP contribution in [0.4, 0.5) is 11.4 Å². The Hall–Kier alpha value is -1.23. The SMILES string of the molecule is CCCCCN1CCN(c2ccc(N3CCOCC3)cc2C2=CCC(CC)(CC)CC2)CC1.Cl. The third-order valence-corrected chi connectivity index (χ3v) is 8.70. The van der Waals surface area contributed by atoms with Crippen LogP contribution >= 0.6 is 12.4 Å². The summed E-state index contributed by atoms with van der Waals surface area (Å²) in [5.74, 6) is 0. The second-order valence-electron chi connectivity index (χ2n) is 10.5. The largest absolute Gasteiger partial charge is 0.378 e. The summed E-state index contributed by atoms with van der Waals surface area (Å²) in [6.45, 7) is 16.7. The third-order valence-electron chi connectivity index (χ3n) is 8.70. The smallest absolute Gasteiger partial charge is 0.0642 e. The van der Waals surface area contributed by atoms with E-state index in [0.29, 0.717) is 5.41 Å². The van der Waals surface area contributed by atoms with Gasteiger partial charge in [-0.05, 0) is 61.4 Å². The number of halogens is 1. The van der Waals surface area contributed by atoms with Crippen LogP contribution < -0.4 is 9.80 Å². The zero-order valence-electron chi connectivity index (χ0n) is 22.0. The van der Waals surface area contributed by atoms with Crippen molar-refractivity contribution in [3.63, 3.8) is 0 Å². The molecule has 0 unspecified atom stereocenters. The summed E-state index contributed by atoms with van der Waals surface area (Å²) in [7, 11) is 0. The first-order valence-corrected chi connectivity index (χ1v) is 13.8. The molecule has 0 amide bonds. The third kappa shape index (κ3) is 6.50. The number of piperazine rings is 1. The van der Waals surface area contributed by atoms with Gasteiger partial charge in [0.25, 0.3) is 0 Å². The molecule has 0 N–H and O–H groups in total. The van der Waals surface area contributed by atoms with E-state index >= 15 is 0 Å². The molecular weight excluding hydrogens is 442 g/mol. The standard InChI is InChI=1S/C29H47N3O.ClH/c1-4-7-8-15-30-16-18-32(19-17-30)28-10-9-26(31-20-22-33-23-21-31)24-27(28)25-11-13-29(5-2,6-3)14-12-25;/h9-11,24H,4-8,12-23H2,1-3H3;1H. The Morgan fingerprint density at radius 1 is 0.882 bits per heavy atom. The van der Waals surface area contributed by atoms with Gasteiger partial charge in [0.15, 0.2) is 0 Å². The average Bonchev–Trinajstić information content (AvgIpc) is 2.89. The van der Waals surface area contributed by atoms with Crippen LogP contribution in [0.5, 0.6) is 0 Å². The van der Waals surface area contributed by atoms with E-state index in [1.54, 1.807) is 5.57 Å². The van der Waals surface area contributed by atoms with E-state index in [2.05, 4.69) is 59.7 Å². The first-order valence-electron chi connectivity index (χ1n) is 13.8. The van der Waals surface area contributed by atoms with Crippen molar-refractivity contribution in [2.75, 3.05) is 68.8 Å². The fourth-order valence-corrected chi connectivity index (χ4v) is 5.95. The van der Waals surface area contributed by atoms with Crippen molar-refractivity contribution in [3.05, 3.63) is 29.8 Å². The molecule has 0 saturated carbocycles. The molecule has 0 bridgehead atoms. The lowest BCUT2D eigenvalue weighted by atomic mass is 9.70. The molecular formula is C29H48ClN3O. The van der Waals surface area contributed by atoms with Gasteiger partial charge in [-0.1, -0.05) is 52.5 Å². The van der Waals surface area contributed by atoms with Crippen molar-refractivity contribution < 1.29 is 4.74 Å². The van der Waals surface area contributed by atoms with Gasteiger partial charge in [0.05, 0.1) is 13.2 Å². The summed E-state index contributed by atoms with van der Waals surface area (Å²) >= 11 is 0. The number of rotatable bonds is 9. The molecule has 2 heterocycles. The maximum absolute atomic E-state index is 5.61. The topological polar surface area (TPSA) is 19.0 Å². The minimum absolute atomic E-state index is 0. The van der Waals surface area contributed by atoms with Gasteiger partial charge in [-0.3, -0.25) is 4.90 Å². The summed E-state index contributed by atoms with van der Waals surface area (Å²) in [4.78, 5) is 7.84. The Morgan fingerprint density at radius 2 is 1.62 bits per heavy atom. The van der Waals surface area contributed by atoms with Gasteiger partial charge < -0.3 is 14.5 Å². The minimum atomic E-state index is 0. The summed E-state index contributed by atoms with van der Waals surface area (Å²) < 4.78 is 5.61. The van der Waals surface area contributed by atoms with Crippen LogP contribution in [-0.2, 0) is 4.74 Å². The summed E-state index contributed by atoms with van der Waals surface area (Å²) in [6, 6.07) is 7.30. The fraction of sp³-hybridized carbons (Fsp3) is 0.724. The molecule has 1 aliphatic carbocycles. The van der Waals surface area contributed by atoms with Gasteiger partial charge in [-0.25, -0.2) is 0 Å². The van der Waals surface area contributed by atoms with Gasteiger partial charge >= 0.3 is 0 Å². The highest BCUT2D eigenvalue weighted by molar-refractivity contribution is 5.85. The van der Waals surface area contributed by atoms with Crippen molar-refractivity contribution in [2.45, 2.75) is 72.1 Å². The molecule has 0 spiro atoms. The normalized spacial score (nSPS) is 21.2. The molecule has 1 aromatic carbocycles. The Bertz CT molecular complexity index is 778. The lowest BCUT2D eigenvalue weighted by molar-refractivity contribution is 0.122. The average molecular weight is 490 g/mol.